The van der Waals surface area contributed by atoms with Crippen LogP contribution in [0, 0.1) is 52.3 Å². The number of carbonyl (C=O) groups excluding carboxylic acids is 2. The van der Waals surface area contributed by atoms with Crippen molar-refractivity contribution in [2.45, 2.75) is 156 Å². The number of benzene rings is 1. The van der Waals surface area contributed by atoms with Gasteiger partial charge in [-0.15, -0.1) is 0 Å². The van der Waals surface area contributed by atoms with Crippen molar-refractivity contribution in [1.82, 2.24) is 0 Å². The molecule has 0 bridgehead atoms. The van der Waals surface area contributed by atoms with E-state index in [0.717, 1.165) is 58.4 Å². The highest BCUT2D eigenvalue weighted by molar-refractivity contribution is 6.07. The van der Waals surface area contributed by atoms with E-state index in [0.29, 0.717) is 64.1 Å². The molecule has 12 atom stereocenters. The number of hydrogen-bond donors (Lipinski definition) is 4. The minimum atomic E-state index is -0.900. The topological polar surface area (TPSA) is 133 Å². The number of hydrogen-bond acceptors (Lipinski definition) is 8. The van der Waals surface area contributed by atoms with Crippen LogP contribution in [0.15, 0.2) is 58.4 Å². The van der Waals surface area contributed by atoms with E-state index in [1.165, 1.54) is 4.90 Å². The van der Waals surface area contributed by atoms with Crippen LogP contribution in [-0.4, -0.2) is 82.3 Å². The molecule has 0 amide bonds. The molecule has 59 heavy (non-hydrogen) atoms. The molecule has 4 aliphatic carbocycles. The number of rotatable bonds is 9. The fraction of sp³-hybridized carbons (Fsp3) is 0.700. The lowest BCUT2D eigenvalue weighted by Crippen LogP contribution is -3.11. The van der Waals surface area contributed by atoms with Gasteiger partial charge in [-0.05, 0) is 103 Å². The summed E-state index contributed by atoms with van der Waals surface area (Å²) in [5.74, 6) is 0.0119. The van der Waals surface area contributed by atoms with Gasteiger partial charge in [-0.2, -0.15) is 0 Å². The summed E-state index contributed by atoms with van der Waals surface area (Å²) in [4.78, 5) is 34.4. The van der Waals surface area contributed by atoms with Crippen molar-refractivity contribution < 1.29 is 39.3 Å². The quantitative estimate of drug-likeness (QED) is 0.228. The first-order chi connectivity index (χ1) is 27.6. The number of aryl methyl sites for hydroxylation is 1. The highest BCUT2D eigenvalue weighted by atomic mass is 16.6. The van der Waals surface area contributed by atoms with Gasteiger partial charge in [0.05, 0.1) is 35.9 Å². The number of ketones is 2. The van der Waals surface area contributed by atoms with Crippen LogP contribution in [0.25, 0.3) is 0 Å². The van der Waals surface area contributed by atoms with Crippen molar-refractivity contribution >= 4 is 17.3 Å². The third-order valence-electron chi connectivity index (χ3n) is 17.9. The van der Waals surface area contributed by atoms with Crippen LogP contribution in [0.5, 0.6) is 0 Å². The minimum absolute atomic E-state index is 0.00343. The van der Waals surface area contributed by atoms with Crippen LogP contribution in [0.1, 0.15) is 123 Å². The number of carbonyl (C=O) groups is 2. The van der Waals surface area contributed by atoms with Crippen molar-refractivity contribution in [3.63, 3.8) is 0 Å². The number of quaternary nitrogens is 1. The van der Waals surface area contributed by atoms with Crippen molar-refractivity contribution in [1.29, 1.82) is 0 Å². The maximum absolute atomic E-state index is 14.8. The lowest BCUT2D eigenvalue weighted by atomic mass is 9.34. The molecule has 0 radical (unpaired) electrons. The molecule has 320 valence electrons. The second-order valence-electron chi connectivity index (χ2n) is 22.1. The Hall–Kier alpha value is -2.79. The molecule has 4 N–H and O–H groups in total. The molecule has 9 nitrogen and oxygen atoms in total. The van der Waals surface area contributed by atoms with Crippen LogP contribution in [0.3, 0.4) is 0 Å². The molecule has 8 aliphatic rings. The summed E-state index contributed by atoms with van der Waals surface area (Å²) in [6, 6.07) is 6.47. The predicted molar refractivity (Wildman–Crippen MR) is 227 cm³/mol. The van der Waals surface area contributed by atoms with Crippen molar-refractivity contribution in [3.8, 4) is 0 Å². The summed E-state index contributed by atoms with van der Waals surface area (Å²) < 4.78 is 11.5. The lowest BCUT2D eigenvalue weighted by molar-refractivity contribution is -0.856. The molecule has 4 aliphatic heterocycles. The Morgan fingerprint density at radius 2 is 1.71 bits per heavy atom. The fourth-order valence-electron chi connectivity index (χ4n) is 14.7. The maximum Gasteiger partial charge on any atom is 0.160 e. The van der Waals surface area contributed by atoms with Gasteiger partial charge in [0, 0.05) is 67.9 Å². The highest BCUT2D eigenvalue weighted by Crippen LogP contribution is 2.74. The third-order valence-corrected chi connectivity index (χ3v) is 17.9. The first-order valence-corrected chi connectivity index (χ1v) is 22.7. The van der Waals surface area contributed by atoms with E-state index in [1.54, 1.807) is 0 Å². The molecule has 9 rings (SSSR count). The normalized spacial score (nSPS) is 41.1. The zero-order valence-electron chi connectivity index (χ0n) is 37.0. The molecule has 4 heterocycles. The van der Waals surface area contributed by atoms with Gasteiger partial charge in [0.15, 0.2) is 11.8 Å². The Bertz CT molecular complexity index is 2070. The van der Waals surface area contributed by atoms with Crippen molar-refractivity contribution in [2.24, 2.45) is 50.3 Å². The van der Waals surface area contributed by atoms with E-state index >= 15 is 0 Å². The summed E-state index contributed by atoms with van der Waals surface area (Å²) in [6.07, 6.45) is 10.4. The monoisotopic (exact) mass is 810 g/mol. The van der Waals surface area contributed by atoms with E-state index in [9.17, 15) is 24.9 Å². The number of ether oxygens (including phenoxy) is 2. The summed E-state index contributed by atoms with van der Waals surface area (Å²) in [5, 5.41) is 36.4. The summed E-state index contributed by atoms with van der Waals surface area (Å²) in [7, 11) is 0. The molecule has 2 saturated heterocycles. The number of allylic oxidation sites excluding steroid dienone is 1. The number of nitrogens with zero attached hydrogens (tertiary/aromatic N) is 1. The Morgan fingerprint density at radius 1 is 1.00 bits per heavy atom. The maximum atomic E-state index is 14.8. The molecule has 0 aromatic heterocycles. The number of epoxide rings is 1. The summed E-state index contributed by atoms with van der Waals surface area (Å²) >= 11 is 0. The first kappa shape index (κ1) is 41.6. The Kier molecular flexibility index (Phi) is 9.76. The van der Waals surface area contributed by atoms with E-state index in [4.69, 9.17) is 14.5 Å². The van der Waals surface area contributed by atoms with Crippen LogP contribution in [0.4, 0.5) is 0 Å². The zero-order valence-corrected chi connectivity index (χ0v) is 37.0. The number of aliphatic hydroxyl groups is 3. The summed E-state index contributed by atoms with van der Waals surface area (Å²) in [5.41, 5.74) is 4.44. The van der Waals surface area contributed by atoms with Crippen LogP contribution >= 0.6 is 0 Å². The van der Waals surface area contributed by atoms with Gasteiger partial charge in [0.25, 0.3) is 0 Å². The number of aliphatic hydroxyl groups excluding tert-OH is 2. The van der Waals surface area contributed by atoms with E-state index in [2.05, 4.69) is 78.9 Å². The number of nitrogens with one attached hydrogen (secondary N) is 1. The third kappa shape index (κ3) is 6.25. The highest BCUT2D eigenvalue weighted by Gasteiger charge is 2.72. The Labute approximate surface area is 351 Å². The Morgan fingerprint density at radius 3 is 2.41 bits per heavy atom. The molecule has 12 unspecified atom stereocenters. The average molecular weight is 810 g/mol. The van der Waals surface area contributed by atoms with Gasteiger partial charge >= 0.3 is 0 Å². The van der Waals surface area contributed by atoms with Crippen molar-refractivity contribution in [3.05, 3.63) is 70.1 Å². The molecular weight excluding hydrogens is 741 g/mol. The van der Waals surface area contributed by atoms with Crippen LogP contribution < -0.4 is 4.90 Å². The standard InChI is InChI=1S/C50H68N2O7/c1-28-20-30(24-32(21-28)50(57)15-18-58-19-16-50)23-31-26-52(34-12-17-51-41(31)34)27-33-40-39(29(2)22-35(53)44-46(5,6)59-44)36(54)25-49(40,9)48(8)14-10-37-45(3,4)38(55)11-13-47(37,7)43(48)42(33)56/h12,17,20-21,24,26,29,33-35,37,42-44,53,56-57H,10-11,13-16,18-19,22-23,25,27H2,1-9H3/p+1. The largest absolute Gasteiger partial charge is 0.392 e. The number of Topliss-reactive ketones (excluding diaryl/α,β-unsaturated/α-hetero) is 2. The number of aliphatic imine (C=N–C) groups is 1. The summed E-state index contributed by atoms with van der Waals surface area (Å²) in [6.45, 7) is 21.2. The zero-order chi connectivity index (χ0) is 42.2. The molecular formula is C50H69N2O7+. The van der Waals surface area contributed by atoms with Crippen LogP contribution in [-0.2, 0) is 31.1 Å². The molecule has 5 fully saturated rings. The molecule has 3 saturated carbocycles. The van der Waals surface area contributed by atoms with E-state index in [-0.39, 0.29) is 58.0 Å². The fourth-order valence-corrected chi connectivity index (χ4v) is 14.7. The molecule has 0 spiro atoms. The van der Waals surface area contributed by atoms with Gasteiger partial charge in [0.1, 0.15) is 23.8 Å². The molecule has 1 aromatic rings. The van der Waals surface area contributed by atoms with Gasteiger partial charge in [-0.3, -0.25) is 19.5 Å². The molecule has 1 aromatic carbocycles. The smallest absolute Gasteiger partial charge is 0.160 e. The minimum Gasteiger partial charge on any atom is -0.392 e. The van der Waals surface area contributed by atoms with Crippen molar-refractivity contribution in [2.75, 3.05) is 19.8 Å². The first-order valence-electron chi connectivity index (χ1n) is 22.7. The number of fused-ring (bicyclic) bond motifs is 6. The predicted octanol–water partition coefficient (Wildman–Crippen LogP) is 5.91. The second-order valence-corrected chi connectivity index (χ2v) is 22.1. The van der Waals surface area contributed by atoms with Crippen LogP contribution in [0.2, 0.25) is 0 Å². The van der Waals surface area contributed by atoms with E-state index < -0.39 is 28.6 Å². The van der Waals surface area contributed by atoms with E-state index in [1.807, 2.05) is 20.0 Å². The lowest BCUT2D eigenvalue weighted by Gasteiger charge is -2.69. The van der Waals surface area contributed by atoms with Gasteiger partial charge in [-0.1, -0.05) is 65.3 Å². The SMILES string of the molecule is Cc1cc(CC2=C[NH+](CC3C4=C(C(C)CC(O)C5OC5(C)C)C(=O)CC4(C)C4(C)CCC5C(C)(C)C(=O)CCC5(C)C4C3O)C3C=CN=C23)cc(C2(O)CCOCC2)c1. The van der Waals surface area contributed by atoms with Gasteiger partial charge < -0.3 is 24.8 Å². The second kappa shape index (κ2) is 13.9. The average Bonchev–Trinajstić information content (AvgIpc) is 3.44. The van der Waals surface area contributed by atoms with Gasteiger partial charge in [-0.25, -0.2) is 0 Å². The Balaban J connectivity index is 1.11. The van der Waals surface area contributed by atoms with Gasteiger partial charge in [0.2, 0.25) is 0 Å². The molecule has 9 heteroatoms.